The number of nitrogens with zero attached hydrogens (tertiary/aromatic N) is 3. The quantitative estimate of drug-likeness (QED) is 0.733. The fourth-order valence-corrected chi connectivity index (χ4v) is 2.47. The van der Waals surface area contributed by atoms with Crippen molar-refractivity contribution in [3.63, 3.8) is 0 Å². The van der Waals surface area contributed by atoms with Crippen LogP contribution in [0.4, 0.5) is 0 Å². The van der Waals surface area contributed by atoms with Crippen molar-refractivity contribution in [2.24, 2.45) is 7.05 Å². The number of hydrogen-bond acceptors (Lipinski definition) is 4. The third-order valence-corrected chi connectivity index (χ3v) is 3.81. The minimum atomic E-state index is -0.783. The fraction of sp³-hybridized carbons (Fsp3) is 0.467. The predicted molar refractivity (Wildman–Crippen MR) is 79.2 cm³/mol. The Bertz CT molecular complexity index is 680. The second-order valence-electron chi connectivity index (χ2n) is 5.37. The fourth-order valence-electron chi connectivity index (χ4n) is 2.47. The average Bonchev–Trinajstić information content (AvgIpc) is 2.74. The number of likely N-dealkylation sites (tertiary alicyclic amines) is 1. The second kappa shape index (κ2) is 6.13. The van der Waals surface area contributed by atoms with Gasteiger partial charge in [0.05, 0.1) is 6.42 Å². The molecule has 1 unspecified atom stereocenters. The van der Waals surface area contributed by atoms with Crippen LogP contribution in [0.2, 0.25) is 0 Å². The van der Waals surface area contributed by atoms with Crippen molar-refractivity contribution < 1.29 is 14.4 Å². The van der Waals surface area contributed by atoms with Crippen molar-refractivity contribution >= 4 is 17.7 Å². The summed E-state index contributed by atoms with van der Waals surface area (Å²) in [7, 11) is 3.01. The molecule has 7 heteroatoms. The number of hydrogen-bond donors (Lipinski definition) is 0. The van der Waals surface area contributed by atoms with Crippen LogP contribution in [-0.4, -0.2) is 51.7 Å². The first kappa shape index (κ1) is 15.9. The normalized spacial score (nSPS) is 18.0. The lowest BCUT2D eigenvalue weighted by atomic mass is 10.1. The number of aryl methyl sites for hydroxylation is 1. The van der Waals surface area contributed by atoms with Crippen LogP contribution in [0.1, 0.15) is 30.1 Å². The average molecular weight is 305 g/mol. The van der Waals surface area contributed by atoms with E-state index in [0.29, 0.717) is 13.0 Å². The van der Waals surface area contributed by atoms with E-state index < -0.39 is 11.9 Å². The van der Waals surface area contributed by atoms with E-state index in [-0.39, 0.29) is 29.4 Å². The standard InChI is InChI=1S/C15H19N3O4/c1-4-6-18(11-9-13(20)17(3)15(11)22)14(21)10-5-7-16(2)12(19)8-10/h5,7-8,11H,4,6,9H2,1-3H3. The molecule has 0 radical (unpaired) electrons. The molecular formula is C15H19N3O4. The Morgan fingerprint density at radius 2 is 2.00 bits per heavy atom. The zero-order chi connectivity index (χ0) is 16.4. The Labute approximate surface area is 128 Å². The highest BCUT2D eigenvalue weighted by Gasteiger charge is 2.41. The smallest absolute Gasteiger partial charge is 0.254 e. The summed E-state index contributed by atoms with van der Waals surface area (Å²) in [6, 6.07) is 2.00. The molecule has 1 aromatic heterocycles. The summed E-state index contributed by atoms with van der Waals surface area (Å²) >= 11 is 0. The van der Waals surface area contributed by atoms with E-state index in [4.69, 9.17) is 0 Å². The van der Waals surface area contributed by atoms with Crippen LogP contribution in [0.5, 0.6) is 0 Å². The highest BCUT2D eigenvalue weighted by atomic mass is 16.2. The molecule has 1 aliphatic heterocycles. The molecule has 0 aromatic carbocycles. The summed E-state index contributed by atoms with van der Waals surface area (Å²) in [5.41, 5.74) is -0.0698. The molecule has 1 saturated heterocycles. The summed E-state index contributed by atoms with van der Waals surface area (Å²) in [4.78, 5) is 50.6. The van der Waals surface area contributed by atoms with Crippen molar-refractivity contribution in [3.8, 4) is 0 Å². The van der Waals surface area contributed by atoms with Gasteiger partial charge in [-0.25, -0.2) is 0 Å². The number of pyridine rings is 1. The molecule has 0 N–H and O–H groups in total. The van der Waals surface area contributed by atoms with Crippen LogP contribution in [0.3, 0.4) is 0 Å². The topological polar surface area (TPSA) is 79.7 Å². The van der Waals surface area contributed by atoms with Gasteiger partial charge in [-0.15, -0.1) is 0 Å². The SMILES string of the molecule is CCCN(C(=O)c1ccn(C)c(=O)c1)C1CC(=O)N(C)C1=O. The number of likely N-dealkylation sites (N-methyl/N-ethyl adjacent to an activating group) is 1. The molecule has 1 aromatic rings. The first-order valence-corrected chi connectivity index (χ1v) is 7.14. The predicted octanol–water partition coefficient (Wildman–Crippen LogP) is -0.00520. The van der Waals surface area contributed by atoms with E-state index in [9.17, 15) is 19.2 Å². The van der Waals surface area contributed by atoms with E-state index in [2.05, 4.69) is 0 Å². The van der Waals surface area contributed by atoms with Gasteiger partial charge in [0.2, 0.25) is 5.91 Å². The molecule has 0 saturated carbocycles. The zero-order valence-electron chi connectivity index (χ0n) is 12.9. The number of imide groups is 1. The van der Waals surface area contributed by atoms with Crippen molar-refractivity contribution in [3.05, 3.63) is 34.2 Å². The molecule has 1 fully saturated rings. The van der Waals surface area contributed by atoms with Gasteiger partial charge < -0.3 is 9.47 Å². The van der Waals surface area contributed by atoms with Crippen LogP contribution in [-0.2, 0) is 16.6 Å². The van der Waals surface area contributed by atoms with Gasteiger partial charge >= 0.3 is 0 Å². The lowest BCUT2D eigenvalue weighted by molar-refractivity contribution is -0.137. The van der Waals surface area contributed by atoms with E-state index >= 15 is 0 Å². The van der Waals surface area contributed by atoms with Gasteiger partial charge in [-0.3, -0.25) is 24.1 Å². The monoisotopic (exact) mass is 305 g/mol. The van der Waals surface area contributed by atoms with Crippen LogP contribution in [0.15, 0.2) is 23.1 Å². The Balaban J connectivity index is 2.33. The van der Waals surface area contributed by atoms with Crippen LogP contribution in [0.25, 0.3) is 0 Å². The van der Waals surface area contributed by atoms with E-state index in [1.54, 1.807) is 7.05 Å². The molecule has 3 amide bonds. The molecule has 1 atom stereocenters. The van der Waals surface area contributed by atoms with Crippen LogP contribution >= 0.6 is 0 Å². The highest BCUT2D eigenvalue weighted by Crippen LogP contribution is 2.19. The van der Waals surface area contributed by atoms with Crippen molar-refractivity contribution in [2.45, 2.75) is 25.8 Å². The largest absolute Gasteiger partial charge is 0.326 e. The van der Waals surface area contributed by atoms with Crippen molar-refractivity contribution in [1.82, 2.24) is 14.4 Å². The molecule has 0 spiro atoms. The third-order valence-electron chi connectivity index (χ3n) is 3.81. The van der Waals surface area contributed by atoms with Crippen LogP contribution < -0.4 is 5.56 Å². The van der Waals surface area contributed by atoms with E-state index in [1.165, 1.54) is 34.8 Å². The van der Waals surface area contributed by atoms with Gasteiger partial charge in [-0.1, -0.05) is 6.92 Å². The van der Waals surface area contributed by atoms with Crippen molar-refractivity contribution in [2.75, 3.05) is 13.6 Å². The van der Waals surface area contributed by atoms with Gasteiger partial charge in [0.15, 0.2) is 0 Å². The molecule has 1 aliphatic rings. The maximum absolute atomic E-state index is 12.6. The van der Waals surface area contributed by atoms with Gasteiger partial charge in [0, 0.05) is 38.5 Å². The van der Waals surface area contributed by atoms with Gasteiger partial charge in [-0.05, 0) is 12.5 Å². The molecule has 0 aliphatic carbocycles. The van der Waals surface area contributed by atoms with Gasteiger partial charge in [0.25, 0.3) is 17.4 Å². The molecule has 0 bridgehead atoms. The lowest BCUT2D eigenvalue weighted by Crippen LogP contribution is -2.45. The number of carbonyl (C=O) groups excluding carboxylic acids is 3. The minimum absolute atomic E-state index is 0.00802. The van der Waals surface area contributed by atoms with Gasteiger partial charge in [-0.2, -0.15) is 0 Å². The minimum Gasteiger partial charge on any atom is -0.326 e. The van der Waals surface area contributed by atoms with E-state index in [0.717, 1.165) is 4.90 Å². The number of carbonyl (C=O) groups is 3. The summed E-state index contributed by atoms with van der Waals surface area (Å²) in [6.07, 6.45) is 2.15. The Hall–Kier alpha value is -2.44. The highest BCUT2D eigenvalue weighted by molar-refractivity contribution is 6.08. The maximum atomic E-state index is 12.6. The molecule has 7 nitrogen and oxygen atoms in total. The first-order chi connectivity index (χ1) is 10.4. The zero-order valence-corrected chi connectivity index (χ0v) is 12.9. The second-order valence-corrected chi connectivity index (χ2v) is 5.37. The molecular weight excluding hydrogens is 286 g/mol. The Kier molecular flexibility index (Phi) is 4.44. The Morgan fingerprint density at radius 3 is 2.50 bits per heavy atom. The summed E-state index contributed by atoms with van der Waals surface area (Å²) < 4.78 is 1.36. The molecule has 2 heterocycles. The number of aromatic nitrogens is 1. The van der Waals surface area contributed by atoms with Crippen molar-refractivity contribution in [1.29, 1.82) is 0 Å². The van der Waals surface area contributed by atoms with E-state index in [1.807, 2.05) is 6.92 Å². The molecule has 22 heavy (non-hydrogen) atoms. The van der Waals surface area contributed by atoms with Crippen LogP contribution in [0, 0.1) is 0 Å². The summed E-state index contributed by atoms with van der Waals surface area (Å²) in [5.74, 6) is -1.08. The third kappa shape index (κ3) is 2.79. The first-order valence-electron chi connectivity index (χ1n) is 7.14. The number of rotatable bonds is 4. The maximum Gasteiger partial charge on any atom is 0.254 e. The Morgan fingerprint density at radius 1 is 1.32 bits per heavy atom. The molecule has 2 rings (SSSR count). The summed E-state index contributed by atoms with van der Waals surface area (Å²) in [5, 5.41) is 0. The summed E-state index contributed by atoms with van der Waals surface area (Å²) in [6.45, 7) is 2.24. The number of amides is 3. The lowest BCUT2D eigenvalue weighted by Gasteiger charge is -2.27. The van der Waals surface area contributed by atoms with Gasteiger partial charge in [0.1, 0.15) is 6.04 Å². The molecule has 118 valence electrons.